The van der Waals surface area contributed by atoms with Crippen LogP contribution < -0.4 is 14.8 Å². The number of rotatable bonds is 9. The second-order valence-electron chi connectivity index (χ2n) is 9.69. The van der Waals surface area contributed by atoms with Gasteiger partial charge in [0.1, 0.15) is 29.7 Å². The number of nitrogens with one attached hydrogen (secondary N) is 1. The number of Topliss-reactive ketones (excluding diaryl/α,β-unsaturated/α-hetero) is 1. The van der Waals surface area contributed by atoms with Gasteiger partial charge in [0, 0.05) is 29.5 Å². The van der Waals surface area contributed by atoms with Gasteiger partial charge in [0.05, 0.1) is 11.1 Å². The maximum atomic E-state index is 13.7. The van der Waals surface area contributed by atoms with Gasteiger partial charge in [0.15, 0.2) is 12.4 Å². The molecule has 1 unspecified atom stereocenters. The van der Waals surface area contributed by atoms with E-state index in [0.29, 0.717) is 37.7 Å². The van der Waals surface area contributed by atoms with E-state index in [1.165, 1.54) is 18.2 Å². The van der Waals surface area contributed by atoms with Crippen LogP contribution in [0.5, 0.6) is 11.5 Å². The number of amides is 1. The summed E-state index contributed by atoms with van der Waals surface area (Å²) < 4.78 is 38.1. The Labute approximate surface area is 207 Å². The molecule has 35 heavy (non-hydrogen) atoms. The molecule has 188 valence electrons. The first kappa shape index (κ1) is 25.4. The number of carbonyl (C=O) groups excluding carboxylic acids is 2. The van der Waals surface area contributed by atoms with Gasteiger partial charge < -0.3 is 19.9 Å². The molecule has 0 aliphatic heterocycles. The van der Waals surface area contributed by atoms with E-state index in [2.05, 4.69) is 5.32 Å². The summed E-state index contributed by atoms with van der Waals surface area (Å²) in [5.41, 5.74) is -0.624. The standard InChI is InChI=1S/C26H28ClF2NO5/c1-16-2-3-18(10-21(16)28)35-15-24(33)30-26-8-6-25(7-9-26,23(32)13-26)12-17(31)14-34-19-4-5-20(27)22(29)11-19/h2-5,10-11,23,32H,6-9,12-15H2,1H3,(H,30,33). The molecule has 0 heterocycles. The molecular formula is C26H28ClF2NO5. The van der Waals surface area contributed by atoms with E-state index in [0.717, 1.165) is 6.07 Å². The number of halogens is 3. The normalized spacial score (nSPS) is 25.2. The van der Waals surface area contributed by atoms with Crippen molar-refractivity contribution < 1.29 is 33.0 Å². The fourth-order valence-corrected chi connectivity index (χ4v) is 5.26. The van der Waals surface area contributed by atoms with Gasteiger partial charge in [0.25, 0.3) is 5.91 Å². The van der Waals surface area contributed by atoms with Crippen molar-refractivity contribution >= 4 is 23.3 Å². The maximum absolute atomic E-state index is 13.7. The van der Waals surface area contributed by atoms with Crippen LogP contribution in [0.4, 0.5) is 8.78 Å². The van der Waals surface area contributed by atoms with E-state index in [1.54, 1.807) is 19.1 Å². The molecule has 2 aromatic rings. The summed E-state index contributed by atoms with van der Waals surface area (Å²) in [5, 5.41) is 13.9. The predicted molar refractivity (Wildman–Crippen MR) is 126 cm³/mol. The molecule has 0 saturated heterocycles. The largest absolute Gasteiger partial charge is 0.486 e. The van der Waals surface area contributed by atoms with Crippen LogP contribution in [0, 0.1) is 24.0 Å². The molecule has 1 atom stereocenters. The first-order valence-corrected chi connectivity index (χ1v) is 12.0. The summed E-state index contributed by atoms with van der Waals surface area (Å²) in [6.45, 7) is 1.16. The Hall–Kier alpha value is -2.71. The summed E-state index contributed by atoms with van der Waals surface area (Å²) in [4.78, 5) is 25.1. The molecule has 3 fully saturated rings. The highest BCUT2D eigenvalue weighted by Gasteiger charge is 2.55. The SMILES string of the molecule is Cc1ccc(OCC(=O)NC23CCC(CC(=O)COc4ccc(Cl)c(F)c4)(CC2)C(O)C3)cc1F. The zero-order valence-corrected chi connectivity index (χ0v) is 20.2. The second-order valence-corrected chi connectivity index (χ2v) is 10.1. The molecule has 9 heteroatoms. The summed E-state index contributed by atoms with van der Waals surface area (Å²) >= 11 is 5.66. The van der Waals surface area contributed by atoms with E-state index < -0.39 is 28.7 Å². The molecule has 0 radical (unpaired) electrons. The predicted octanol–water partition coefficient (Wildman–Crippen LogP) is 4.52. The molecule has 3 saturated carbocycles. The first-order valence-electron chi connectivity index (χ1n) is 11.6. The van der Waals surface area contributed by atoms with Crippen molar-refractivity contribution in [3.63, 3.8) is 0 Å². The van der Waals surface area contributed by atoms with Crippen molar-refractivity contribution in [2.45, 2.75) is 57.1 Å². The molecule has 5 rings (SSSR count). The Morgan fingerprint density at radius 1 is 1.03 bits per heavy atom. The molecule has 2 aromatic carbocycles. The highest BCUT2D eigenvalue weighted by atomic mass is 35.5. The number of ether oxygens (including phenoxy) is 2. The van der Waals surface area contributed by atoms with Crippen LogP contribution in [0.1, 0.15) is 44.1 Å². The van der Waals surface area contributed by atoms with Crippen LogP contribution in [0.25, 0.3) is 0 Å². The van der Waals surface area contributed by atoms with Gasteiger partial charge in [0.2, 0.25) is 0 Å². The van der Waals surface area contributed by atoms with E-state index in [-0.39, 0.29) is 47.8 Å². The Kier molecular flexibility index (Phi) is 7.33. The Morgan fingerprint density at radius 2 is 1.66 bits per heavy atom. The number of aryl methyl sites for hydroxylation is 1. The fourth-order valence-electron chi connectivity index (χ4n) is 5.14. The molecule has 2 bridgehead atoms. The highest BCUT2D eigenvalue weighted by Crippen LogP contribution is 2.54. The molecule has 6 nitrogen and oxygen atoms in total. The average Bonchev–Trinajstić information content (AvgIpc) is 2.82. The third-order valence-electron chi connectivity index (χ3n) is 7.25. The van der Waals surface area contributed by atoms with Gasteiger partial charge in [-0.2, -0.15) is 0 Å². The lowest BCUT2D eigenvalue weighted by Crippen LogP contribution is -2.62. The lowest BCUT2D eigenvalue weighted by atomic mass is 9.54. The molecule has 0 aromatic heterocycles. The number of hydrogen-bond acceptors (Lipinski definition) is 5. The minimum atomic E-state index is -0.755. The van der Waals surface area contributed by atoms with Crippen LogP contribution in [0.15, 0.2) is 36.4 Å². The molecule has 3 aliphatic carbocycles. The van der Waals surface area contributed by atoms with Crippen LogP contribution in [-0.2, 0) is 9.59 Å². The topological polar surface area (TPSA) is 84.9 Å². The minimum absolute atomic E-state index is 0.0266. The maximum Gasteiger partial charge on any atom is 0.258 e. The smallest absolute Gasteiger partial charge is 0.258 e. The van der Waals surface area contributed by atoms with E-state index in [1.807, 2.05) is 0 Å². The number of carbonyl (C=O) groups is 2. The van der Waals surface area contributed by atoms with E-state index >= 15 is 0 Å². The number of aliphatic hydroxyl groups excluding tert-OH is 1. The quantitative estimate of drug-likeness (QED) is 0.521. The molecule has 1 amide bonds. The van der Waals surface area contributed by atoms with Gasteiger partial charge in [-0.3, -0.25) is 9.59 Å². The molecule has 2 N–H and O–H groups in total. The Balaban J connectivity index is 1.28. The third-order valence-corrected chi connectivity index (χ3v) is 7.56. The van der Waals surface area contributed by atoms with Crippen molar-refractivity contribution in [3.8, 4) is 11.5 Å². The number of ketones is 1. The third kappa shape index (κ3) is 5.76. The van der Waals surface area contributed by atoms with Gasteiger partial charge >= 0.3 is 0 Å². The monoisotopic (exact) mass is 507 g/mol. The average molecular weight is 508 g/mol. The van der Waals surface area contributed by atoms with Crippen LogP contribution in [0.2, 0.25) is 5.02 Å². The second kappa shape index (κ2) is 10.1. The Morgan fingerprint density at radius 3 is 2.29 bits per heavy atom. The number of aliphatic hydroxyl groups is 1. The lowest BCUT2D eigenvalue weighted by Gasteiger charge is -2.56. The molecule has 3 aliphatic rings. The summed E-state index contributed by atoms with van der Waals surface area (Å²) in [6.07, 6.45) is 2.16. The van der Waals surface area contributed by atoms with E-state index in [9.17, 15) is 23.5 Å². The summed E-state index contributed by atoms with van der Waals surface area (Å²) in [6, 6.07) is 8.40. The summed E-state index contributed by atoms with van der Waals surface area (Å²) in [5.74, 6) is -1.07. The number of benzene rings is 2. The van der Waals surface area contributed by atoms with Crippen molar-refractivity contribution in [2.24, 2.45) is 5.41 Å². The van der Waals surface area contributed by atoms with Crippen molar-refractivity contribution in [1.29, 1.82) is 0 Å². The lowest BCUT2D eigenvalue weighted by molar-refractivity contribution is -0.142. The zero-order valence-electron chi connectivity index (χ0n) is 19.4. The number of fused-ring (bicyclic) bond motifs is 3. The summed E-state index contributed by atoms with van der Waals surface area (Å²) in [7, 11) is 0. The minimum Gasteiger partial charge on any atom is -0.486 e. The first-order chi connectivity index (χ1) is 16.6. The number of hydrogen-bond donors (Lipinski definition) is 2. The molecule has 0 spiro atoms. The molecular weight excluding hydrogens is 480 g/mol. The fraction of sp³-hybridized carbons (Fsp3) is 0.462. The van der Waals surface area contributed by atoms with Crippen LogP contribution >= 0.6 is 11.6 Å². The van der Waals surface area contributed by atoms with Gasteiger partial charge in [-0.25, -0.2) is 8.78 Å². The van der Waals surface area contributed by atoms with Gasteiger partial charge in [-0.1, -0.05) is 17.7 Å². The van der Waals surface area contributed by atoms with Gasteiger partial charge in [-0.05, 0) is 62.8 Å². The van der Waals surface area contributed by atoms with Gasteiger partial charge in [-0.15, -0.1) is 0 Å². The van der Waals surface area contributed by atoms with Crippen molar-refractivity contribution in [1.82, 2.24) is 5.32 Å². The zero-order chi connectivity index (χ0) is 25.2. The highest BCUT2D eigenvalue weighted by molar-refractivity contribution is 6.30. The Bertz CT molecular complexity index is 1120. The van der Waals surface area contributed by atoms with Crippen molar-refractivity contribution in [2.75, 3.05) is 13.2 Å². The van der Waals surface area contributed by atoms with Crippen LogP contribution in [0.3, 0.4) is 0 Å². The van der Waals surface area contributed by atoms with Crippen molar-refractivity contribution in [3.05, 3.63) is 58.6 Å². The van der Waals surface area contributed by atoms with E-state index in [4.69, 9.17) is 21.1 Å². The van der Waals surface area contributed by atoms with Crippen LogP contribution in [-0.4, -0.2) is 41.7 Å².